The Labute approximate surface area is 111 Å². The first-order valence-electron chi connectivity index (χ1n) is 6.89. The van der Waals surface area contributed by atoms with E-state index in [2.05, 4.69) is 4.98 Å². The van der Waals surface area contributed by atoms with Gasteiger partial charge in [0, 0.05) is 37.6 Å². The maximum atomic E-state index is 12.4. The number of carbonyl (C=O) groups excluding carboxylic acids is 1. The summed E-state index contributed by atoms with van der Waals surface area (Å²) in [7, 11) is 0. The van der Waals surface area contributed by atoms with E-state index < -0.39 is 0 Å². The molecule has 2 heterocycles. The SMILES string of the molecule is NC1CCCC2CN(C(=O)c3c[nH]ccc3=O)CC12. The van der Waals surface area contributed by atoms with Crippen molar-refractivity contribution in [3.05, 3.63) is 34.2 Å². The second-order valence-corrected chi connectivity index (χ2v) is 5.65. The van der Waals surface area contributed by atoms with Gasteiger partial charge in [0.15, 0.2) is 5.43 Å². The molecule has 2 fully saturated rings. The van der Waals surface area contributed by atoms with Gasteiger partial charge >= 0.3 is 0 Å². The molecule has 1 aliphatic carbocycles. The van der Waals surface area contributed by atoms with Crippen LogP contribution in [0.25, 0.3) is 0 Å². The van der Waals surface area contributed by atoms with Gasteiger partial charge in [-0.05, 0) is 24.7 Å². The van der Waals surface area contributed by atoms with E-state index in [-0.39, 0.29) is 22.9 Å². The summed E-state index contributed by atoms with van der Waals surface area (Å²) in [6.07, 6.45) is 6.38. The normalized spacial score (nSPS) is 30.2. The van der Waals surface area contributed by atoms with E-state index >= 15 is 0 Å². The van der Waals surface area contributed by atoms with Gasteiger partial charge in [-0.2, -0.15) is 0 Å². The van der Waals surface area contributed by atoms with E-state index in [9.17, 15) is 9.59 Å². The summed E-state index contributed by atoms with van der Waals surface area (Å²) >= 11 is 0. The van der Waals surface area contributed by atoms with Crippen LogP contribution in [0.5, 0.6) is 0 Å². The Kier molecular flexibility index (Phi) is 3.14. The summed E-state index contributed by atoms with van der Waals surface area (Å²) in [5, 5.41) is 0. The number of likely N-dealkylation sites (tertiary alicyclic amines) is 1. The number of rotatable bonds is 1. The predicted molar refractivity (Wildman–Crippen MR) is 71.8 cm³/mol. The van der Waals surface area contributed by atoms with Gasteiger partial charge in [-0.25, -0.2) is 0 Å². The third-order valence-corrected chi connectivity index (χ3v) is 4.50. The molecule has 1 aliphatic heterocycles. The van der Waals surface area contributed by atoms with E-state index in [4.69, 9.17) is 5.73 Å². The number of nitrogens with one attached hydrogen (secondary N) is 1. The van der Waals surface area contributed by atoms with Crippen LogP contribution in [0.4, 0.5) is 0 Å². The minimum atomic E-state index is -0.220. The summed E-state index contributed by atoms with van der Waals surface area (Å²) in [5.41, 5.74) is 6.16. The Hall–Kier alpha value is -1.62. The van der Waals surface area contributed by atoms with Gasteiger partial charge < -0.3 is 15.6 Å². The zero-order valence-electron chi connectivity index (χ0n) is 10.8. The zero-order valence-corrected chi connectivity index (χ0v) is 10.8. The standard InChI is InChI=1S/C14H19N3O2/c15-12-3-1-2-9-7-17(8-11(9)12)14(19)10-6-16-5-4-13(10)18/h4-6,9,11-12H,1-3,7-8,15H2,(H,16,18). The first-order valence-corrected chi connectivity index (χ1v) is 6.89. The predicted octanol–water partition coefficient (Wildman–Crippen LogP) is 0.574. The molecule has 1 aromatic rings. The lowest BCUT2D eigenvalue weighted by molar-refractivity contribution is 0.0782. The third kappa shape index (κ3) is 2.18. The number of hydrogen-bond donors (Lipinski definition) is 2. The number of hydrogen-bond acceptors (Lipinski definition) is 3. The van der Waals surface area contributed by atoms with E-state index in [1.54, 1.807) is 11.1 Å². The van der Waals surface area contributed by atoms with Crippen molar-refractivity contribution in [3.8, 4) is 0 Å². The van der Waals surface area contributed by atoms with Gasteiger partial charge in [0.1, 0.15) is 5.56 Å². The van der Waals surface area contributed by atoms with E-state index in [1.807, 2.05) is 0 Å². The number of carbonyl (C=O) groups is 1. The van der Waals surface area contributed by atoms with Crippen LogP contribution >= 0.6 is 0 Å². The maximum absolute atomic E-state index is 12.4. The topological polar surface area (TPSA) is 79.2 Å². The molecule has 3 unspecified atom stereocenters. The van der Waals surface area contributed by atoms with Gasteiger partial charge in [-0.3, -0.25) is 9.59 Å². The Morgan fingerprint density at radius 1 is 1.37 bits per heavy atom. The van der Waals surface area contributed by atoms with Crippen LogP contribution in [-0.2, 0) is 0 Å². The molecule has 102 valence electrons. The number of nitrogens with two attached hydrogens (primary N) is 1. The average Bonchev–Trinajstić information content (AvgIpc) is 2.84. The molecule has 5 heteroatoms. The molecule has 2 aliphatic rings. The highest BCUT2D eigenvalue weighted by atomic mass is 16.2. The molecule has 1 amide bonds. The Balaban J connectivity index is 1.79. The lowest BCUT2D eigenvalue weighted by atomic mass is 9.78. The van der Waals surface area contributed by atoms with Crippen molar-refractivity contribution in [1.29, 1.82) is 0 Å². The molecular weight excluding hydrogens is 242 g/mol. The van der Waals surface area contributed by atoms with Crippen LogP contribution in [0.1, 0.15) is 29.6 Å². The van der Waals surface area contributed by atoms with Crippen LogP contribution < -0.4 is 11.2 Å². The number of fused-ring (bicyclic) bond motifs is 1. The highest BCUT2D eigenvalue weighted by molar-refractivity contribution is 5.94. The maximum Gasteiger partial charge on any atom is 0.259 e. The van der Waals surface area contributed by atoms with Crippen molar-refractivity contribution in [2.45, 2.75) is 25.3 Å². The Morgan fingerprint density at radius 2 is 2.21 bits per heavy atom. The fourth-order valence-corrected chi connectivity index (χ4v) is 3.44. The van der Waals surface area contributed by atoms with Crippen molar-refractivity contribution < 1.29 is 4.79 Å². The molecule has 0 radical (unpaired) electrons. The minimum Gasteiger partial charge on any atom is -0.367 e. The number of nitrogens with zero attached hydrogens (tertiary/aromatic N) is 1. The largest absolute Gasteiger partial charge is 0.367 e. The summed E-state index contributed by atoms with van der Waals surface area (Å²) in [6, 6.07) is 1.59. The van der Waals surface area contributed by atoms with Crippen molar-refractivity contribution in [2.75, 3.05) is 13.1 Å². The van der Waals surface area contributed by atoms with Crippen molar-refractivity contribution in [3.63, 3.8) is 0 Å². The summed E-state index contributed by atoms with van der Waals surface area (Å²) in [6.45, 7) is 1.44. The van der Waals surface area contributed by atoms with Gasteiger partial charge in [0.2, 0.25) is 0 Å². The summed E-state index contributed by atoms with van der Waals surface area (Å²) in [5.74, 6) is 0.749. The Morgan fingerprint density at radius 3 is 2.95 bits per heavy atom. The summed E-state index contributed by atoms with van der Waals surface area (Å²) < 4.78 is 0. The fraction of sp³-hybridized carbons (Fsp3) is 0.571. The monoisotopic (exact) mass is 261 g/mol. The van der Waals surface area contributed by atoms with Crippen LogP contribution in [0.2, 0.25) is 0 Å². The lowest BCUT2D eigenvalue weighted by Gasteiger charge is -2.29. The molecule has 5 nitrogen and oxygen atoms in total. The second-order valence-electron chi connectivity index (χ2n) is 5.65. The zero-order chi connectivity index (χ0) is 13.4. The minimum absolute atomic E-state index is 0.163. The van der Waals surface area contributed by atoms with Gasteiger partial charge in [-0.15, -0.1) is 0 Å². The van der Waals surface area contributed by atoms with E-state index in [1.165, 1.54) is 12.3 Å². The Bertz CT molecular complexity index is 539. The van der Waals surface area contributed by atoms with E-state index in [0.29, 0.717) is 18.4 Å². The number of pyridine rings is 1. The third-order valence-electron chi connectivity index (χ3n) is 4.50. The number of amides is 1. The second kappa shape index (κ2) is 4.81. The van der Waals surface area contributed by atoms with Crippen LogP contribution in [0, 0.1) is 11.8 Å². The fourth-order valence-electron chi connectivity index (χ4n) is 3.44. The quantitative estimate of drug-likeness (QED) is 0.776. The van der Waals surface area contributed by atoms with Crippen molar-refractivity contribution >= 4 is 5.91 Å². The molecule has 1 saturated heterocycles. The molecule has 1 saturated carbocycles. The molecule has 0 aromatic carbocycles. The summed E-state index contributed by atoms with van der Waals surface area (Å²) in [4.78, 5) is 28.7. The molecule has 3 rings (SSSR count). The molecule has 0 spiro atoms. The average molecular weight is 261 g/mol. The van der Waals surface area contributed by atoms with E-state index in [0.717, 1.165) is 25.8 Å². The van der Waals surface area contributed by atoms with Crippen LogP contribution in [-0.4, -0.2) is 34.9 Å². The van der Waals surface area contributed by atoms with Crippen molar-refractivity contribution in [1.82, 2.24) is 9.88 Å². The van der Waals surface area contributed by atoms with Crippen LogP contribution in [0.15, 0.2) is 23.3 Å². The highest BCUT2D eigenvalue weighted by Crippen LogP contribution is 2.35. The molecule has 3 N–H and O–H groups in total. The molecule has 0 bridgehead atoms. The number of aromatic nitrogens is 1. The molecule has 19 heavy (non-hydrogen) atoms. The smallest absolute Gasteiger partial charge is 0.259 e. The number of H-pyrrole nitrogens is 1. The van der Waals surface area contributed by atoms with Gasteiger partial charge in [-0.1, -0.05) is 6.42 Å². The van der Waals surface area contributed by atoms with Gasteiger partial charge in [0.05, 0.1) is 0 Å². The first-order chi connectivity index (χ1) is 9.16. The highest BCUT2D eigenvalue weighted by Gasteiger charge is 2.40. The van der Waals surface area contributed by atoms with Crippen LogP contribution in [0.3, 0.4) is 0 Å². The molecular formula is C14H19N3O2. The van der Waals surface area contributed by atoms with Crippen molar-refractivity contribution in [2.24, 2.45) is 17.6 Å². The molecule has 3 atom stereocenters. The number of aromatic amines is 1. The molecule has 1 aromatic heterocycles. The van der Waals surface area contributed by atoms with Gasteiger partial charge in [0.25, 0.3) is 5.91 Å². The first kappa shape index (κ1) is 12.4. The lowest BCUT2D eigenvalue weighted by Crippen LogP contribution is -2.38.